The first-order chi connectivity index (χ1) is 10.2. The smallest absolute Gasteiger partial charge is 0.322 e. The third kappa shape index (κ3) is 3.37. The monoisotopic (exact) mass is 311 g/mol. The summed E-state index contributed by atoms with van der Waals surface area (Å²) in [6.45, 7) is 3.28. The summed E-state index contributed by atoms with van der Waals surface area (Å²) in [6.07, 6.45) is 5.17. The molecular weight excluding hydrogens is 290 g/mol. The van der Waals surface area contributed by atoms with Crippen LogP contribution in [0.2, 0.25) is 5.28 Å². The highest BCUT2D eigenvalue weighted by Gasteiger charge is 2.38. The largest absolute Gasteiger partial charge is 0.464 e. The molecule has 2 saturated heterocycles. The van der Waals surface area contributed by atoms with Crippen LogP contribution in [-0.2, 0) is 0 Å². The summed E-state index contributed by atoms with van der Waals surface area (Å²) in [5.41, 5.74) is 0. The van der Waals surface area contributed by atoms with Crippen LogP contribution in [0.25, 0.3) is 0 Å². The molecule has 0 saturated carbocycles. The number of nitrogens with zero attached hydrogens (tertiary/aromatic N) is 4. The number of fused-ring (bicyclic) bond motifs is 2. The van der Waals surface area contributed by atoms with Gasteiger partial charge in [0.2, 0.25) is 11.2 Å². The van der Waals surface area contributed by atoms with Gasteiger partial charge < -0.3 is 15.0 Å². The third-order valence-electron chi connectivity index (χ3n) is 4.61. The summed E-state index contributed by atoms with van der Waals surface area (Å²) in [4.78, 5) is 14.8. The summed E-state index contributed by atoms with van der Waals surface area (Å²) in [5, 5.41) is 3.46. The molecule has 0 amide bonds. The van der Waals surface area contributed by atoms with Crippen molar-refractivity contribution in [3.8, 4) is 6.01 Å². The van der Waals surface area contributed by atoms with E-state index in [2.05, 4.69) is 32.2 Å². The first-order valence-corrected chi connectivity index (χ1v) is 8.03. The van der Waals surface area contributed by atoms with Gasteiger partial charge in [0, 0.05) is 18.6 Å². The summed E-state index contributed by atoms with van der Waals surface area (Å²) in [5.74, 6) is 1.18. The van der Waals surface area contributed by atoms with Crippen molar-refractivity contribution in [1.82, 2.24) is 19.9 Å². The first-order valence-electron chi connectivity index (χ1n) is 7.66. The lowest BCUT2D eigenvalue weighted by atomic mass is 9.91. The minimum Gasteiger partial charge on any atom is -0.464 e. The van der Waals surface area contributed by atoms with Gasteiger partial charge in [0.15, 0.2) is 0 Å². The van der Waals surface area contributed by atoms with E-state index in [1.807, 2.05) is 6.92 Å². The van der Waals surface area contributed by atoms with E-state index >= 15 is 0 Å². The molecule has 2 unspecified atom stereocenters. The molecule has 2 aliphatic rings. The maximum absolute atomic E-state index is 5.89. The number of hydrogen-bond donors (Lipinski definition) is 1. The standard InChI is InChI=1S/C14H22ClN5O/c1-3-21-14-18-12(15)17-13(19-14)16-8-9-6-10-4-5-11(7-9)20(10)2/h9-11H,3-8H2,1-2H3,(H,16,17,18,19). The number of ether oxygens (including phenoxy) is 1. The van der Waals surface area contributed by atoms with Crippen LogP contribution in [0.5, 0.6) is 6.01 Å². The van der Waals surface area contributed by atoms with Gasteiger partial charge >= 0.3 is 6.01 Å². The molecule has 0 aromatic carbocycles. The summed E-state index contributed by atoms with van der Waals surface area (Å²) in [6, 6.07) is 1.77. The van der Waals surface area contributed by atoms with Crippen LogP contribution in [0.1, 0.15) is 32.6 Å². The number of piperidine rings is 1. The van der Waals surface area contributed by atoms with E-state index in [0.717, 1.165) is 18.6 Å². The van der Waals surface area contributed by atoms with Gasteiger partial charge in [0.25, 0.3) is 0 Å². The summed E-state index contributed by atoms with van der Waals surface area (Å²) in [7, 11) is 2.26. The fourth-order valence-electron chi connectivity index (χ4n) is 3.53. The van der Waals surface area contributed by atoms with Crippen LogP contribution in [0.4, 0.5) is 5.95 Å². The molecule has 21 heavy (non-hydrogen) atoms. The molecule has 2 aliphatic heterocycles. The van der Waals surface area contributed by atoms with Gasteiger partial charge in [-0.1, -0.05) is 0 Å². The average molecular weight is 312 g/mol. The fourth-order valence-corrected chi connectivity index (χ4v) is 3.68. The van der Waals surface area contributed by atoms with Crippen molar-refractivity contribution >= 4 is 17.5 Å². The Hall–Kier alpha value is -1.14. The Labute approximate surface area is 130 Å². The molecule has 0 spiro atoms. The van der Waals surface area contributed by atoms with Gasteiger partial charge in [-0.3, -0.25) is 0 Å². The van der Waals surface area contributed by atoms with E-state index in [1.165, 1.54) is 25.7 Å². The van der Waals surface area contributed by atoms with Crippen LogP contribution >= 0.6 is 11.6 Å². The maximum Gasteiger partial charge on any atom is 0.322 e. The van der Waals surface area contributed by atoms with Crippen LogP contribution in [0.15, 0.2) is 0 Å². The number of nitrogens with one attached hydrogen (secondary N) is 1. The van der Waals surface area contributed by atoms with Gasteiger partial charge in [-0.25, -0.2) is 0 Å². The van der Waals surface area contributed by atoms with Crippen molar-refractivity contribution in [2.24, 2.45) is 5.92 Å². The van der Waals surface area contributed by atoms with Crippen molar-refractivity contribution in [3.63, 3.8) is 0 Å². The molecule has 3 rings (SSSR count). The zero-order valence-corrected chi connectivity index (χ0v) is 13.3. The fraction of sp³-hybridized carbons (Fsp3) is 0.786. The second-order valence-electron chi connectivity index (χ2n) is 5.91. The lowest BCUT2D eigenvalue weighted by molar-refractivity contribution is 0.139. The predicted octanol–water partition coefficient (Wildman–Crippen LogP) is 2.21. The third-order valence-corrected chi connectivity index (χ3v) is 4.77. The highest BCUT2D eigenvalue weighted by atomic mass is 35.5. The molecule has 116 valence electrons. The van der Waals surface area contributed by atoms with E-state index < -0.39 is 0 Å². The SMILES string of the molecule is CCOc1nc(Cl)nc(NCC2CC3CCC(C2)N3C)n1. The molecule has 0 radical (unpaired) electrons. The first kappa shape index (κ1) is 14.8. The molecule has 6 nitrogen and oxygen atoms in total. The number of halogens is 1. The molecule has 1 aromatic rings. The van der Waals surface area contributed by atoms with Gasteiger partial charge in [0.1, 0.15) is 0 Å². The van der Waals surface area contributed by atoms with Crippen LogP contribution < -0.4 is 10.1 Å². The number of hydrogen-bond acceptors (Lipinski definition) is 6. The molecule has 3 heterocycles. The highest BCUT2D eigenvalue weighted by molar-refractivity contribution is 6.28. The van der Waals surface area contributed by atoms with Crippen LogP contribution in [0.3, 0.4) is 0 Å². The predicted molar refractivity (Wildman–Crippen MR) is 81.8 cm³/mol. The van der Waals surface area contributed by atoms with E-state index in [0.29, 0.717) is 18.5 Å². The zero-order chi connectivity index (χ0) is 14.8. The molecule has 2 bridgehead atoms. The van der Waals surface area contributed by atoms with Gasteiger partial charge in [-0.05, 0) is 57.2 Å². The second kappa shape index (κ2) is 6.32. The second-order valence-corrected chi connectivity index (χ2v) is 6.25. The van der Waals surface area contributed by atoms with Crippen LogP contribution in [0, 0.1) is 5.92 Å². The molecule has 0 aliphatic carbocycles. The Morgan fingerprint density at radius 3 is 2.62 bits per heavy atom. The van der Waals surface area contributed by atoms with E-state index in [4.69, 9.17) is 16.3 Å². The van der Waals surface area contributed by atoms with Gasteiger partial charge in [-0.2, -0.15) is 15.0 Å². The van der Waals surface area contributed by atoms with E-state index in [9.17, 15) is 0 Å². The lowest BCUT2D eigenvalue weighted by Gasteiger charge is -2.36. The lowest BCUT2D eigenvalue weighted by Crippen LogP contribution is -2.41. The van der Waals surface area contributed by atoms with Gasteiger partial charge in [-0.15, -0.1) is 0 Å². The topological polar surface area (TPSA) is 63.2 Å². The quantitative estimate of drug-likeness (QED) is 0.899. The molecule has 2 fully saturated rings. The summed E-state index contributed by atoms with van der Waals surface area (Å²) >= 11 is 5.89. The van der Waals surface area contributed by atoms with Crippen molar-refractivity contribution in [1.29, 1.82) is 0 Å². The molecular formula is C14H22ClN5O. The molecule has 2 atom stereocenters. The number of rotatable bonds is 5. The minimum absolute atomic E-state index is 0.166. The number of aromatic nitrogens is 3. The normalized spacial score (nSPS) is 28.6. The van der Waals surface area contributed by atoms with E-state index in [-0.39, 0.29) is 11.3 Å². The molecule has 1 aromatic heterocycles. The van der Waals surface area contributed by atoms with Gasteiger partial charge in [0.05, 0.1) is 6.61 Å². The Morgan fingerprint density at radius 2 is 1.95 bits per heavy atom. The van der Waals surface area contributed by atoms with Crippen molar-refractivity contribution in [2.75, 3.05) is 25.5 Å². The van der Waals surface area contributed by atoms with Crippen molar-refractivity contribution < 1.29 is 4.74 Å². The van der Waals surface area contributed by atoms with E-state index in [1.54, 1.807) is 0 Å². The Kier molecular flexibility index (Phi) is 4.45. The Balaban J connectivity index is 1.58. The maximum atomic E-state index is 5.89. The average Bonchev–Trinajstić information content (AvgIpc) is 2.67. The Bertz CT molecular complexity index is 486. The van der Waals surface area contributed by atoms with Crippen molar-refractivity contribution in [3.05, 3.63) is 5.28 Å². The van der Waals surface area contributed by atoms with Crippen molar-refractivity contribution in [2.45, 2.75) is 44.7 Å². The van der Waals surface area contributed by atoms with Crippen LogP contribution in [-0.4, -0.2) is 52.1 Å². The molecule has 7 heteroatoms. The Morgan fingerprint density at radius 1 is 1.24 bits per heavy atom. The zero-order valence-electron chi connectivity index (χ0n) is 12.5. The molecule has 1 N–H and O–H groups in total. The minimum atomic E-state index is 0.166. The summed E-state index contributed by atoms with van der Waals surface area (Å²) < 4.78 is 5.28. The number of anilines is 1. The highest BCUT2D eigenvalue weighted by Crippen LogP contribution is 2.37.